The Morgan fingerprint density at radius 3 is 2.53 bits per heavy atom. The van der Waals surface area contributed by atoms with E-state index in [4.69, 9.17) is 10.7 Å². The van der Waals surface area contributed by atoms with E-state index in [9.17, 15) is 0 Å². The van der Waals surface area contributed by atoms with E-state index in [1.165, 1.54) is 44.9 Å². The minimum absolute atomic E-state index is 0.514. The fourth-order valence-electron chi connectivity index (χ4n) is 2.85. The van der Waals surface area contributed by atoms with Crippen molar-refractivity contribution in [3.05, 3.63) is 0 Å². The Kier molecular flexibility index (Phi) is 3.95. The standard InChI is InChI=1S/C12H22N2S/c1-15-11-8-4-7-10(11)14-12(13)9-5-2-3-6-9/h9-11H,2-8H2,1H3,(H2,13,14). The van der Waals surface area contributed by atoms with Crippen molar-refractivity contribution in [2.75, 3.05) is 6.26 Å². The summed E-state index contributed by atoms with van der Waals surface area (Å²) in [4.78, 5) is 4.78. The van der Waals surface area contributed by atoms with Crippen LogP contribution in [-0.2, 0) is 0 Å². The highest BCUT2D eigenvalue weighted by atomic mass is 32.2. The van der Waals surface area contributed by atoms with Gasteiger partial charge in [0.2, 0.25) is 0 Å². The summed E-state index contributed by atoms with van der Waals surface area (Å²) in [6, 6.07) is 0.514. The Morgan fingerprint density at radius 1 is 1.13 bits per heavy atom. The van der Waals surface area contributed by atoms with Gasteiger partial charge in [-0.1, -0.05) is 19.3 Å². The monoisotopic (exact) mass is 226 g/mol. The molecule has 0 radical (unpaired) electrons. The number of nitrogens with zero attached hydrogens (tertiary/aromatic N) is 1. The van der Waals surface area contributed by atoms with Crippen LogP contribution < -0.4 is 5.73 Å². The van der Waals surface area contributed by atoms with Crippen LogP contribution in [0.15, 0.2) is 4.99 Å². The number of rotatable bonds is 3. The van der Waals surface area contributed by atoms with Gasteiger partial charge < -0.3 is 5.73 Å². The zero-order chi connectivity index (χ0) is 10.7. The number of nitrogens with two attached hydrogens (primary N) is 1. The van der Waals surface area contributed by atoms with E-state index in [-0.39, 0.29) is 0 Å². The lowest BCUT2D eigenvalue weighted by Crippen LogP contribution is -2.26. The zero-order valence-electron chi connectivity index (χ0n) is 9.61. The summed E-state index contributed by atoms with van der Waals surface area (Å²) in [5.41, 5.74) is 6.12. The Hall–Kier alpha value is -0.180. The SMILES string of the molecule is CSC1CCCC1N=C(N)C1CCCC1. The Bertz CT molecular complexity index is 234. The van der Waals surface area contributed by atoms with Crippen molar-refractivity contribution in [1.82, 2.24) is 0 Å². The lowest BCUT2D eigenvalue weighted by atomic mass is 10.1. The summed E-state index contributed by atoms with van der Waals surface area (Å²) >= 11 is 1.96. The molecule has 2 unspecified atom stereocenters. The van der Waals surface area contributed by atoms with Crippen LogP contribution in [0.25, 0.3) is 0 Å². The second-order valence-electron chi connectivity index (χ2n) is 4.81. The lowest BCUT2D eigenvalue weighted by Gasteiger charge is -2.16. The molecule has 0 spiro atoms. The third-order valence-corrected chi connectivity index (χ3v) is 4.96. The highest BCUT2D eigenvalue weighted by molar-refractivity contribution is 7.99. The predicted molar refractivity (Wildman–Crippen MR) is 68.5 cm³/mol. The topological polar surface area (TPSA) is 38.4 Å². The molecule has 86 valence electrons. The first kappa shape index (κ1) is 11.3. The fourth-order valence-corrected chi connectivity index (χ4v) is 3.76. The van der Waals surface area contributed by atoms with Gasteiger partial charge in [0.15, 0.2) is 0 Å². The molecule has 3 heteroatoms. The number of aliphatic imine (C=N–C) groups is 1. The minimum atomic E-state index is 0.514. The molecule has 0 aromatic rings. The Balaban J connectivity index is 1.95. The zero-order valence-corrected chi connectivity index (χ0v) is 10.4. The van der Waals surface area contributed by atoms with Crippen molar-refractivity contribution < 1.29 is 0 Å². The van der Waals surface area contributed by atoms with Crippen LogP contribution in [0.2, 0.25) is 0 Å². The van der Waals surface area contributed by atoms with Gasteiger partial charge in [-0.25, -0.2) is 0 Å². The first-order chi connectivity index (χ1) is 7.31. The molecular formula is C12H22N2S. The van der Waals surface area contributed by atoms with Gasteiger partial charge in [0, 0.05) is 11.2 Å². The van der Waals surface area contributed by atoms with Crippen LogP contribution >= 0.6 is 11.8 Å². The molecule has 2 nitrogen and oxygen atoms in total. The molecule has 2 fully saturated rings. The van der Waals surface area contributed by atoms with Crippen LogP contribution in [0.4, 0.5) is 0 Å². The first-order valence-electron chi connectivity index (χ1n) is 6.17. The second kappa shape index (κ2) is 5.24. The minimum Gasteiger partial charge on any atom is -0.387 e. The normalized spacial score (nSPS) is 33.8. The van der Waals surface area contributed by atoms with E-state index in [0.717, 1.165) is 11.1 Å². The molecule has 2 aliphatic rings. The fraction of sp³-hybridized carbons (Fsp3) is 0.917. The molecule has 0 aromatic heterocycles. The molecule has 15 heavy (non-hydrogen) atoms. The summed E-state index contributed by atoms with van der Waals surface area (Å²) in [6.45, 7) is 0. The average Bonchev–Trinajstić information content (AvgIpc) is 2.87. The maximum atomic E-state index is 6.12. The summed E-state index contributed by atoms with van der Waals surface area (Å²) in [5, 5.41) is 0.727. The van der Waals surface area contributed by atoms with Gasteiger partial charge in [0.05, 0.1) is 11.9 Å². The van der Waals surface area contributed by atoms with Gasteiger partial charge in [0.1, 0.15) is 0 Å². The molecule has 0 heterocycles. The van der Waals surface area contributed by atoms with Crippen molar-refractivity contribution in [3.8, 4) is 0 Å². The van der Waals surface area contributed by atoms with E-state index < -0.39 is 0 Å². The predicted octanol–water partition coefficient (Wildman–Crippen LogP) is 2.82. The highest BCUT2D eigenvalue weighted by Gasteiger charge is 2.27. The summed E-state index contributed by atoms with van der Waals surface area (Å²) < 4.78 is 0. The maximum absolute atomic E-state index is 6.12. The molecule has 2 N–H and O–H groups in total. The quantitative estimate of drug-likeness (QED) is 0.593. The number of thioether (sulfide) groups is 1. The lowest BCUT2D eigenvalue weighted by molar-refractivity contribution is 0.673. The summed E-state index contributed by atoms with van der Waals surface area (Å²) in [6.07, 6.45) is 11.3. The summed E-state index contributed by atoms with van der Waals surface area (Å²) in [5.74, 6) is 1.56. The molecule has 0 saturated heterocycles. The first-order valence-corrected chi connectivity index (χ1v) is 7.46. The molecule has 2 aliphatic carbocycles. The van der Waals surface area contributed by atoms with Gasteiger partial charge in [-0.3, -0.25) is 4.99 Å². The van der Waals surface area contributed by atoms with Crippen LogP contribution in [-0.4, -0.2) is 23.4 Å². The molecule has 2 atom stereocenters. The average molecular weight is 226 g/mol. The summed E-state index contributed by atoms with van der Waals surface area (Å²) in [7, 11) is 0. The van der Waals surface area contributed by atoms with E-state index in [0.29, 0.717) is 12.0 Å². The molecule has 0 aliphatic heterocycles. The van der Waals surface area contributed by atoms with E-state index in [1.54, 1.807) is 0 Å². The van der Waals surface area contributed by atoms with Crippen LogP contribution in [0.1, 0.15) is 44.9 Å². The maximum Gasteiger partial charge on any atom is 0.0972 e. The van der Waals surface area contributed by atoms with Crippen LogP contribution in [0.5, 0.6) is 0 Å². The molecule has 0 bridgehead atoms. The van der Waals surface area contributed by atoms with E-state index in [1.807, 2.05) is 11.8 Å². The van der Waals surface area contributed by atoms with Crippen molar-refractivity contribution in [3.63, 3.8) is 0 Å². The van der Waals surface area contributed by atoms with Crippen LogP contribution in [0.3, 0.4) is 0 Å². The molecule has 0 amide bonds. The van der Waals surface area contributed by atoms with Gasteiger partial charge in [0.25, 0.3) is 0 Å². The van der Waals surface area contributed by atoms with Crippen molar-refractivity contribution in [1.29, 1.82) is 0 Å². The molecular weight excluding hydrogens is 204 g/mol. The van der Waals surface area contributed by atoms with Gasteiger partial charge in [-0.2, -0.15) is 11.8 Å². The Morgan fingerprint density at radius 2 is 1.87 bits per heavy atom. The number of hydrogen-bond acceptors (Lipinski definition) is 2. The highest BCUT2D eigenvalue weighted by Crippen LogP contribution is 2.32. The smallest absolute Gasteiger partial charge is 0.0972 e. The number of hydrogen-bond donors (Lipinski definition) is 1. The second-order valence-corrected chi connectivity index (χ2v) is 5.88. The Labute approximate surface area is 97.1 Å². The van der Waals surface area contributed by atoms with E-state index >= 15 is 0 Å². The van der Waals surface area contributed by atoms with Crippen LogP contribution in [0, 0.1) is 5.92 Å². The van der Waals surface area contributed by atoms with Crippen molar-refractivity contribution in [2.45, 2.75) is 56.2 Å². The van der Waals surface area contributed by atoms with Gasteiger partial charge in [-0.15, -0.1) is 0 Å². The van der Waals surface area contributed by atoms with Gasteiger partial charge >= 0.3 is 0 Å². The third kappa shape index (κ3) is 2.68. The molecule has 0 aromatic carbocycles. The largest absolute Gasteiger partial charge is 0.387 e. The number of amidine groups is 1. The van der Waals surface area contributed by atoms with Gasteiger partial charge in [-0.05, 0) is 31.9 Å². The molecule has 2 rings (SSSR count). The van der Waals surface area contributed by atoms with Crippen molar-refractivity contribution in [2.24, 2.45) is 16.6 Å². The van der Waals surface area contributed by atoms with E-state index in [2.05, 4.69) is 6.26 Å². The van der Waals surface area contributed by atoms with Crippen molar-refractivity contribution >= 4 is 17.6 Å². The molecule has 2 saturated carbocycles. The third-order valence-electron chi connectivity index (χ3n) is 3.81.